The number of hydrogen-bond acceptors (Lipinski definition) is 6. The van der Waals surface area contributed by atoms with E-state index in [1.807, 2.05) is 35.7 Å². The van der Waals surface area contributed by atoms with Crippen LogP contribution < -0.4 is 11.1 Å². The van der Waals surface area contributed by atoms with Crippen LogP contribution in [0.2, 0.25) is 0 Å². The van der Waals surface area contributed by atoms with E-state index < -0.39 is 35.6 Å². The quantitative estimate of drug-likeness (QED) is 0.651. The number of primary amides is 1. The highest BCUT2D eigenvalue weighted by Gasteiger charge is 2.49. The number of amides is 4. The highest BCUT2D eigenvalue weighted by Crippen LogP contribution is 2.31. The van der Waals surface area contributed by atoms with E-state index in [1.165, 1.54) is 17.8 Å². The van der Waals surface area contributed by atoms with Crippen LogP contribution in [0.25, 0.3) is 11.3 Å². The molecule has 1 saturated carbocycles. The molecule has 0 unspecified atom stereocenters. The van der Waals surface area contributed by atoms with Gasteiger partial charge in [-0.25, -0.2) is 4.98 Å². The predicted molar refractivity (Wildman–Crippen MR) is 120 cm³/mol. The maximum Gasteiger partial charge on any atom is 0.249 e. The molecule has 2 fully saturated rings. The summed E-state index contributed by atoms with van der Waals surface area (Å²) < 4.78 is 0. The van der Waals surface area contributed by atoms with E-state index in [1.54, 1.807) is 0 Å². The molecule has 3 N–H and O–H groups in total. The topological polar surface area (TPSA) is 122 Å². The number of nitrogens with zero attached hydrogens (tertiary/aromatic N) is 2. The van der Waals surface area contributed by atoms with Gasteiger partial charge in [0.15, 0.2) is 5.13 Å². The number of thiazole rings is 1. The molecule has 4 amide bonds. The first-order valence-corrected chi connectivity index (χ1v) is 11.6. The summed E-state index contributed by atoms with van der Waals surface area (Å²) in [5, 5.41) is 4.87. The van der Waals surface area contributed by atoms with Crippen molar-refractivity contribution < 1.29 is 19.2 Å². The third kappa shape index (κ3) is 4.72. The van der Waals surface area contributed by atoms with Crippen LogP contribution in [0.4, 0.5) is 5.13 Å². The standard InChI is InChI=1S/C23H25N4O4S/c24-20(29)16-12-18(27(22(16)31)19(28)11-14-7-3-1-4-8-14)21(30)26-23-25-17(13-32-23)15-9-5-2-6-10-15/h2,5-6,9-11,13-14,16,18H,1,3-4,7-8,12H2,(H2,24,29)(H,25,26,30)/t16-,18+/m1/s1. The van der Waals surface area contributed by atoms with Crippen molar-refractivity contribution in [2.75, 3.05) is 5.32 Å². The molecule has 167 valence electrons. The van der Waals surface area contributed by atoms with Gasteiger partial charge in [-0.1, -0.05) is 49.6 Å². The van der Waals surface area contributed by atoms with Crippen molar-refractivity contribution in [1.29, 1.82) is 0 Å². The Morgan fingerprint density at radius 3 is 2.53 bits per heavy atom. The van der Waals surface area contributed by atoms with Crippen molar-refractivity contribution >= 4 is 40.1 Å². The van der Waals surface area contributed by atoms with Crippen molar-refractivity contribution in [3.05, 3.63) is 42.1 Å². The lowest BCUT2D eigenvalue weighted by Gasteiger charge is -2.26. The molecule has 9 heteroatoms. The zero-order chi connectivity index (χ0) is 22.7. The average Bonchev–Trinajstić information content (AvgIpc) is 3.39. The van der Waals surface area contributed by atoms with Crippen molar-refractivity contribution in [2.24, 2.45) is 17.6 Å². The highest BCUT2D eigenvalue weighted by molar-refractivity contribution is 7.14. The first-order valence-electron chi connectivity index (χ1n) is 10.8. The van der Waals surface area contributed by atoms with E-state index >= 15 is 0 Å². The van der Waals surface area contributed by atoms with Gasteiger partial charge in [0.2, 0.25) is 23.6 Å². The highest BCUT2D eigenvalue weighted by atomic mass is 32.1. The average molecular weight is 454 g/mol. The number of aromatic nitrogens is 1. The molecule has 2 aromatic rings. The Kier molecular flexibility index (Phi) is 6.64. The number of nitrogens with two attached hydrogens (primary N) is 1. The number of nitrogens with one attached hydrogen (secondary N) is 1. The van der Waals surface area contributed by atoms with Gasteiger partial charge in [-0.15, -0.1) is 11.3 Å². The Hall–Kier alpha value is -3.07. The summed E-state index contributed by atoms with van der Waals surface area (Å²) >= 11 is 1.25. The lowest BCUT2D eigenvalue weighted by Crippen LogP contribution is -2.46. The van der Waals surface area contributed by atoms with Crippen LogP contribution in [0, 0.1) is 18.3 Å². The maximum atomic E-state index is 13.0. The van der Waals surface area contributed by atoms with Gasteiger partial charge >= 0.3 is 0 Å². The van der Waals surface area contributed by atoms with Crippen LogP contribution in [-0.2, 0) is 19.2 Å². The van der Waals surface area contributed by atoms with E-state index in [4.69, 9.17) is 5.73 Å². The Labute approximate surface area is 190 Å². The van der Waals surface area contributed by atoms with E-state index in [2.05, 4.69) is 10.3 Å². The van der Waals surface area contributed by atoms with E-state index in [0.29, 0.717) is 10.8 Å². The van der Waals surface area contributed by atoms with Gasteiger partial charge in [0.25, 0.3) is 0 Å². The number of carbonyl (C=O) groups is 4. The molecular formula is C23H25N4O4S. The SMILES string of the molecule is NC(=O)[C@H]1C[C@@H](C(=O)Nc2nc(-c3ccccc3)cs2)N(C(=O)[CH]C2CCCCC2)C1=O. The van der Waals surface area contributed by atoms with Gasteiger partial charge in [0.1, 0.15) is 12.0 Å². The molecule has 0 spiro atoms. The third-order valence-corrected chi connectivity index (χ3v) is 6.78. The molecule has 32 heavy (non-hydrogen) atoms. The van der Waals surface area contributed by atoms with Crippen LogP contribution in [0.3, 0.4) is 0 Å². The summed E-state index contributed by atoms with van der Waals surface area (Å²) in [6.45, 7) is 0. The third-order valence-electron chi connectivity index (χ3n) is 6.02. The fourth-order valence-corrected chi connectivity index (χ4v) is 5.04. The van der Waals surface area contributed by atoms with E-state index in [-0.39, 0.29) is 12.3 Å². The smallest absolute Gasteiger partial charge is 0.249 e. The molecule has 2 atom stereocenters. The molecule has 4 rings (SSSR count). The molecule has 2 heterocycles. The summed E-state index contributed by atoms with van der Waals surface area (Å²) in [6.07, 6.45) is 6.36. The Bertz CT molecular complexity index is 1020. The van der Waals surface area contributed by atoms with Crippen molar-refractivity contribution in [3.8, 4) is 11.3 Å². The Balaban J connectivity index is 1.49. The number of rotatable bonds is 6. The minimum atomic E-state index is -1.19. The van der Waals surface area contributed by atoms with Crippen molar-refractivity contribution in [2.45, 2.75) is 44.6 Å². The van der Waals surface area contributed by atoms with Gasteiger partial charge < -0.3 is 11.1 Å². The monoisotopic (exact) mass is 453 g/mol. The minimum Gasteiger partial charge on any atom is -0.369 e. The molecule has 1 radical (unpaired) electrons. The van der Waals surface area contributed by atoms with Crippen LogP contribution >= 0.6 is 11.3 Å². The fourth-order valence-electron chi connectivity index (χ4n) is 4.32. The normalized spacial score (nSPS) is 21.5. The van der Waals surface area contributed by atoms with Crippen LogP contribution in [-0.4, -0.2) is 39.6 Å². The number of anilines is 1. The maximum absolute atomic E-state index is 13.0. The second-order valence-electron chi connectivity index (χ2n) is 8.21. The number of carbonyl (C=O) groups excluding carboxylic acids is 4. The van der Waals surface area contributed by atoms with Gasteiger partial charge in [0.05, 0.1) is 12.1 Å². The summed E-state index contributed by atoms with van der Waals surface area (Å²) in [5.41, 5.74) is 6.99. The van der Waals surface area contributed by atoms with Crippen LogP contribution in [0.1, 0.15) is 38.5 Å². The summed E-state index contributed by atoms with van der Waals surface area (Å²) in [6, 6.07) is 8.42. The van der Waals surface area contributed by atoms with Crippen LogP contribution in [0.15, 0.2) is 35.7 Å². The molecule has 1 aromatic heterocycles. The molecule has 1 aliphatic heterocycles. The molecule has 2 aliphatic rings. The first-order chi connectivity index (χ1) is 15.4. The Morgan fingerprint density at radius 2 is 1.84 bits per heavy atom. The van der Waals surface area contributed by atoms with Gasteiger partial charge in [-0.3, -0.25) is 24.1 Å². The molecular weight excluding hydrogens is 428 g/mol. The van der Waals surface area contributed by atoms with Crippen LogP contribution in [0.5, 0.6) is 0 Å². The van der Waals surface area contributed by atoms with Gasteiger partial charge in [-0.05, 0) is 25.2 Å². The predicted octanol–water partition coefficient (Wildman–Crippen LogP) is 2.76. The number of benzene rings is 1. The molecule has 0 bridgehead atoms. The molecule has 1 saturated heterocycles. The second-order valence-corrected chi connectivity index (χ2v) is 9.07. The first kappa shape index (κ1) is 22.1. The summed E-state index contributed by atoms with van der Waals surface area (Å²) in [4.78, 5) is 55.9. The largest absolute Gasteiger partial charge is 0.369 e. The fraction of sp³-hybridized carbons (Fsp3) is 0.391. The minimum absolute atomic E-state index is 0.0767. The number of hydrogen-bond donors (Lipinski definition) is 2. The van der Waals surface area contributed by atoms with Crippen molar-refractivity contribution in [1.82, 2.24) is 9.88 Å². The van der Waals surface area contributed by atoms with E-state index in [0.717, 1.165) is 42.6 Å². The molecule has 8 nitrogen and oxygen atoms in total. The lowest BCUT2D eigenvalue weighted by molar-refractivity contribution is -0.147. The summed E-state index contributed by atoms with van der Waals surface area (Å²) in [7, 11) is 0. The lowest BCUT2D eigenvalue weighted by atomic mass is 9.86. The van der Waals surface area contributed by atoms with Gasteiger partial charge in [0, 0.05) is 10.9 Å². The Morgan fingerprint density at radius 1 is 1.12 bits per heavy atom. The number of imide groups is 1. The second kappa shape index (κ2) is 9.60. The van der Waals surface area contributed by atoms with Gasteiger partial charge in [-0.2, -0.15) is 0 Å². The molecule has 1 aliphatic carbocycles. The molecule has 1 aromatic carbocycles. The van der Waals surface area contributed by atoms with E-state index in [9.17, 15) is 19.2 Å². The zero-order valence-electron chi connectivity index (χ0n) is 17.5. The van der Waals surface area contributed by atoms with Crippen molar-refractivity contribution in [3.63, 3.8) is 0 Å². The number of likely N-dealkylation sites (tertiary alicyclic amines) is 1. The zero-order valence-corrected chi connectivity index (χ0v) is 18.3. The summed E-state index contributed by atoms with van der Waals surface area (Å²) in [5.74, 6) is -3.74.